The Kier molecular flexibility index (Phi) is 5.68. The fraction of sp³-hybridized carbons (Fsp3) is 0.308. The lowest BCUT2D eigenvalue weighted by atomic mass is 9.87. The van der Waals surface area contributed by atoms with E-state index >= 15 is 0 Å². The summed E-state index contributed by atoms with van der Waals surface area (Å²) in [6.45, 7) is 10.5. The molecule has 0 aliphatic carbocycles. The Morgan fingerprint density at radius 3 is 2.48 bits per heavy atom. The van der Waals surface area contributed by atoms with Gasteiger partial charge in [0.25, 0.3) is 0 Å². The van der Waals surface area contributed by atoms with Gasteiger partial charge < -0.3 is 9.64 Å². The third kappa shape index (κ3) is 4.71. The van der Waals surface area contributed by atoms with E-state index in [0.717, 1.165) is 18.8 Å². The topological polar surface area (TPSA) is 54.5 Å². The highest BCUT2D eigenvalue weighted by atomic mass is 16.6. The third-order valence-electron chi connectivity index (χ3n) is 5.78. The van der Waals surface area contributed by atoms with Crippen LogP contribution in [0.15, 0.2) is 67.0 Å². The molecule has 5 nitrogen and oxygen atoms in total. The van der Waals surface area contributed by atoms with Crippen LogP contribution in [0.1, 0.15) is 50.3 Å². The maximum Gasteiger partial charge on any atom is 0.417 e. The van der Waals surface area contributed by atoms with Gasteiger partial charge in [-0.15, -0.1) is 0 Å². The van der Waals surface area contributed by atoms with Gasteiger partial charge in [-0.3, -0.25) is 10.3 Å². The highest BCUT2D eigenvalue weighted by Gasteiger charge is 2.35. The molecule has 3 aromatic rings. The van der Waals surface area contributed by atoms with Crippen LogP contribution in [-0.2, 0) is 12.0 Å². The van der Waals surface area contributed by atoms with E-state index in [0.29, 0.717) is 11.7 Å². The Morgan fingerprint density at radius 1 is 1.10 bits per heavy atom. The van der Waals surface area contributed by atoms with E-state index in [2.05, 4.69) is 42.9 Å². The number of rotatable bonds is 5. The lowest BCUT2D eigenvalue weighted by Gasteiger charge is -2.22. The van der Waals surface area contributed by atoms with Crippen LogP contribution in [0.4, 0.5) is 16.2 Å². The van der Waals surface area contributed by atoms with Gasteiger partial charge in [0.1, 0.15) is 5.75 Å². The first-order chi connectivity index (χ1) is 14.8. The largest absolute Gasteiger partial charge is 0.417 e. The molecule has 0 spiro atoms. The van der Waals surface area contributed by atoms with Crippen molar-refractivity contribution in [1.82, 2.24) is 4.98 Å². The minimum Gasteiger partial charge on any atom is -0.410 e. The summed E-state index contributed by atoms with van der Waals surface area (Å²) in [6.07, 6.45) is 3.16. The van der Waals surface area contributed by atoms with Crippen LogP contribution < -0.4 is 15.0 Å². The molecule has 1 aromatic heterocycles. The van der Waals surface area contributed by atoms with Crippen LogP contribution in [-0.4, -0.2) is 17.6 Å². The highest BCUT2D eigenvalue weighted by Crippen LogP contribution is 2.42. The first-order valence-electron chi connectivity index (χ1n) is 10.7. The van der Waals surface area contributed by atoms with E-state index in [4.69, 9.17) is 4.74 Å². The predicted octanol–water partition coefficient (Wildman–Crippen LogP) is 6.11. The quantitative estimate of drug-likeness (QED) is 0.546. The molecule has 0 unspecified atom stereocenters. The Balaban J connectivity index is 1.46. The Hall–Kier alpha value is -3.34. The molecule has 0 bridgehead atoms. The molecular weight excluding hydrogens is 386 g/mol. The number of aromatic nitrogens is 1. The van der Waals surface area contributed by atoms with Crippen molar-refractivity contribution in [2.45, 2.75) is 45.6 Å². The molecule has 0 radical (unpaired) electrons. The van der Waals surface area contributed by atoms with E-state index < -0.39 is 6.09 Å². The van der Waals surface area contributed by atoms with Crippen molar-refractivity contribution in [1.29, 1.82) is 0 Å². The summed E-state index contributed by atoms with van der Waals surface area (Å²) in [5.41, 5.74) is 5.51. The monoisotopic (exact) mass is 415 g/mol. The van der Waals surface area contributed by atoms with Crippen LogP contribution in [0.5, 0.6) is 5.75 Å². The number of nitrogens with one attached hydrogen (secondary N) is 1. The molecule has 1 aliphatic rings. The molecular formula is C26H29N3O2. The van der Waals surface area contributed by atoms with Gasteiger partial charge in [0.05, 0.1) is 0 Å². The van der Waals surface area contributed by atoms with E-state index in [1.165, 1.54) is 22.4 Å². The molecule has 2 aromatic carbocycles. The van der Waals surface area contributed by atoms with Crippen LogP contribution in [0.3, 0.4) is 0 Å². The first-order valence-corrected chi connectivity index (χ1v) is 10.7. The SMILES string of the molecule is CC(C)c1ccc(NC(=O)Oc2ccc3c(c2)C(C)(C)CN3Cc2ccncc2)cc1. The van der Waals surface area contributed by atoms with Crippen molar-refractivity contribution in [2.75, 3.05) is 16.8 Å². The molecule has 1 aliphatic heterocycles. The lowest BCUT2D eigenvalue weighted by molar-refractivity contribution is 0.215. The highest BCUT2D eigenvalue weighted by molar-refractivity contribution is 5.86. The van der Waals surface area contributed by atoms with Gasteiger partial charge in [-0.1, -0.05) is 39.8 Å². The minimum atomic E-state index is -0.485. The second-order valence-corrected chi connectivity index (χ2v) is 9.07. The average Bonchev–Trinajstić information content (AvgIpc) is 2.98. The molecule has 1 amide bonds. The number of amides is 1. The fourth-order valence-corrected chi connectivity index (χ4v) is 4.10. The molecule has 0 fully saturated rings. The number of nitrogens with zero attached hydrogens (tertiary/aromatic N) is 2. The molecule has 0 atom stereocenters. The number of anilines is 2. The molecule has 5 heteroatoms. The van der Waals surface area contributed by atoms with Gasteiger partial charge in [-0.05, 0) is 65.1 Å². The normalized spacial score (nSPS) is 14.4. The molecule has 0 saturated heterocycles. The van der Waals surface area contributed by atoms with Crippen LogP contribution in [0.2, 0.25) is 0 Å². The predicted molar refractivity (Wildman–Crippen MR) is 125 cm³/mol. The molecule has 4 rings (SSSR count). The second kappa shape index (κ2) is 8.42. The number of carbonyl (C=O) groups excluding carboxylic acids is 1. The smallest absolute Gasteiger partial charge is 0.410 e. The number of carbonyl (C=O) groups is 1. The molecule has 0 saturated carbocycles. The summed E-state index contributed by atoms with van der Waals surface area (Å²) in [6, 6.07) is 17.8. The minimum absolute atomic E-state index is 0.0368. The summed E-state index contributed by atoms with van der Waals surface area (Å²) in [7, 11) is 0. The number of pyridine rings is 1. The van der Waals surface area contributed by atoms with Crippen molar-refractivity contribution in [3.05, 3.63) is 83.7 Å². The summed E-state index contributed by atoms with van der Waals surface area (Å²) in [4.78, 5) is 18.9. The zero-order valence-corrected chi connectivity index (χ0v) is 18.6. The third-order valence-corrected chi connectivity index (χ3v) is 5.78. The number of hydrogen-bond acceptors (Lipinski definition) is 4. The molecule has 31 heavy (non-hydrogen) atoms. The van der Waals surface area contributed by atoms with Gasteiger partial charge in [0.15, 0.2) is 0 Å². The van der Waals surface area contributed by atoms with Gasteiger partial charge in [-0.25, -0.2) is 4.79 Å². The maximum atomic E-state index is 12.4. The van der Waals surface area contributed by atoms with Crippen molar-refractivity contribution in [3.8, 4) is 5.75 Å². The van der Waals surface area contributed by atoms with E-state index in [1.54, 1.807) is 0 Å². The zero-order valence-electron chi connectivity index (χ0n) is 18.6. The summed E-state index contributed by atoms with van der Waals surface area (Å²) >= 11 is 0. The maximum absolute atomic E-state index is 12.4. The van der Waals surface area contributed by atoms with E-state index in [1.807, 2.05) is 67.0 Å². The van der Waals surface area contributed by atoms with Gasteiger partial charge in [-0.2, -0.15) is 0 Å². The Labute approximate surface area is 184 Å². The van der Waals surface area contributed by atoms with Crippen LogP contribution in [0.25, 0.3) is 0 Å². The van der Waals surface area contributed by atoms with Crippen molar-refractivity contribution >= 4 is 17.5 Å². The number of fused-ring (bicyclic) bond motifs is 1. The molecule has 1 N–H and O–H groups in total. The lowest BCUT2D eigenvalue weighted by Crippen LogP contribution is -2.28. The molecule has 160 valence electrons. The van der Waals surface area contributed by atoms with Crippen molar-refractivity contribution in [3.63, 3.8) is 0 Å². The van der Waals surface area contributed by atoms with Crippen LogP contribution >= 0.6 is 0 Å². The Morgan fingerprint density at radius 2 is 1.81 bits per heavy atom. The summed E-state index contributed by atoms with van der Waals surface area (Å²) in [5.74, 6) is 1.00. The van der Waals surface area contributed by atoms with Crippen LogP contribution in [0, 0.1) is 0 Å². The average molecular weight is 416 g/mol. The van der Waals surface area contributed by atoms with Crippen molar-refractivity contribution < 1.29 is 9.53 Å². The van der Waals surface area contributed by atoms with Gasteiger partial charge in [0, 0.05) is 42.3 Å². The number of ether oxygens (including phenoxy) is 1. The van der Waals surface area contributed by atoms with E-state index in [9.17, 15) is 4.79 Å². The summed E-state index contributed by atoms with van der Waals surface area (Å²) in [5, 5.41) is 2.81. The Bertz CT molecular complexity index is 1060. The second-order valence-electron chi connectivity index (χ2n) is 9.07. The van der Waals surface area contributed by atoms with E-state index in [-0.39, 0.29) is 5.41 Å². The number of hydrogen-bond donors (Lipinski definition) is 1. The fourth-order valence-electron chi connectivity index (χ4n) is 4.10. The van der Waals surface area contributed by atoms with Gasteiger partial charge in [0.2, 0.25) is 0 Å². The summed E-state index contributed by atoms with van der Waals surface area (Å²) < 4.78 is 5.59. The van der Waals surface area contributed by atoms with Gasteiger partial charge >= 0.3 is 6.09 Å². The standard InChI is InChI=1S/C26H29N3O2/c1-18(2)20-5-7-21(8-6-20)28-25(30)31-22-9-10-24-23(15-22)26(3,4)17-29(24)16-19-11-13-27-14-12-19/h5-15,18H,16-17H2,1-4H3,(H,28,30). The molecule has 2 heterocycles. The zero-order chi connectivity index (χ0) is 22.0. The first kappa shape index (κ1) is 20.9. The number of benzene rings is 2. The van der Waals surface area contributed by atoms with Crippen molar-refractivity contribution in [2.24, 2.45) is 0 Å².